The first-order chi connectivity index (χ1) is 11.8. The Labute approximate surface area is 141 Å². The number of nitrogens with one attached hydrogen (secondary N) is 1. The molecule has 0 unspecified atom stereocenters. The van der Waals surface area contributed by atoms with Crippen molar-refractivity contribution in [2.45, 2.75) is 45.1 Å². The average molecular weight is 322 g/mol. The van der Waals surface area contributed by atoms with Gasteiger partial charge in [-0.1, -0.05) is 30.7 Å². The Bertz CT molecular complexity index is 819. The second-order valence-corrected chi connectivity index (χ2v) is 6.50. The number of para-hydroxylation sites is 1. The van der Waals surface area contributed by atoms with Crippen molar-refractivity contribution in [3.63, 3.8) is 0 Å². The van der Waals surface area contributed by atoms with Crippen LogP contribution in [0.5, 0.6) is 0 Å². The molecule has 0 aliphatic heterocycles. The zero-order valence-corrected chi connectivity index (χ0v) is 13.9. The maximum atomic E-state index is 4.64. The Balaban J connectivity index is 1.54. The van der Waals surface area contributed by atoms with E-state index in [4.69, 9.17) is 0 Å². The lowest BCUT2D eigenvalue weighted by Gasteiger charge is -2.28. The molecule has 0 bridgehead atoms. The van der Waals surface area contributed by atoms with Crippen LogP contribution in [0.2, 0.25) is 0 Å². The third kappa shape index (κ3) is 2.96. The molecular formula is C18H22N6. The Morgan fingerprint density at radius 2 is 1.96 bits per heavy atom. The molecule has 2 aromatic heterocycles. The number of hydrogen-bond acceptors (Lipinski definition) is 5. The van der Waals surface area contributed by atoms with E-state index >= 15 is 0 Å². The number of benzene rings is 1. The van der Waals surface area contributed by atoms with E-state index < -0.39 is 0 Å². The van der Waals surface area contributed by atoms with Gasteiger partial charge in [-0.05, 0) is 43.7 Å². The predicted octanol–water partition coefficient (Wildman–Crippen LogP) is 3.59. The summed E-state index contributed by atoms with van der Waals surface area (Å²) in [6.45, 7) is 2.29. The normalized spacial score (nSPS) is 21.0. The van der Waals surface area contributed by atoms with Crippen molar-refractivity contribution in [3.05, 3.63) is 36.5 Å². The second kappa shape index (κ2) is 6.55. The summed E-state index contributed by atoms with van der Waals surface area (Å²) >= 11 is 0. The molecule has 0 atom stereocenters. The standard InChI is InChI=1S/C18H22N6/c1-2-13-7-9-14(10-8-13)20-18-19-12-11-17(21-18)24-16-6-4-3-5-15(16)22-23-24/h3-6,11-14H,2,7-10H2,1H3,(H,19,20,21). The Morgan fingerprint density at radius 3 is 2.79 bits per heavy atom. The van der Waals surface area contributed by atoms with Crippen LogP contribution in [0.15, 0.2) is 36.5 Å². The zero-order valence-electron chi connectivity index (χ0n) is 13.9. The monoisotopic (exact) mass is 322 g/mol. The summed E-state index contributed by atoms with van der Waals surface area (Å²) in [5.41, 5.74) is 1.81. The molecule has 0 saturated heterocycles. The van der Waals surface area contributed by atoms with Crippen LogP contribution in [0.1, 0.15) is 39.0 Å². The molecule has 1 N–H and O–H groups in total. The van der Waals surface area contributed by atoms with E-state index in [0.29, 0.717) is 12.0 Å². The number of aromatic nitrogens is 5. The molecule has 1 saturated carbocycles. The molecule has 1 fully saturated rings. The summed E-state index contributed by atoms with van der Waals surface area (Å²) in [5.74, 6) is 2.30. The third-order valence-electron chi connectivity index (χ3n) is 4.97. The molecule has 3 aromatic rings. The van der Waals surface area contributed by atoms with Gasteiger partial charge < -0.3 is 5.32 Å². The van der Waals surface area contributed by atoms with Gasteiger partial charge in [-0.3, -0.25) is 0 Å². The minimum absolute atomic E-state index is 0.468. The Morgan fingerprint density at radius 1 is 1.12 bits per heavy atom. The molecule has 0 spiro atoms. The summed E-state index contributed by atoms with van der Waals surface area (Å²) in [6.07, 6.45) is 8.04. The Hall–Kier alpha value is -2.50. The molecule has 24 heavy (non-hydrogen) atoms. The first-order valence-electron chi connectivity index (χ1n) is 8.74. The van der Waals surface area contributed by atoms with Gasteiger partial charge in [0.25, 0.3) is 0 Å². The molecule has 2 heterocycles. The van der Waals surface area contributed by atoms with Gasteiger partial charge in [0.15, 0.2) is 5.82 Å². The molecule has 1 aromatic carbocycles. The Kier molecular flexibility index (Phi) is 4.11. The van der Waals surface area contributed by atoms with E-state index in [2.05, 4.69) is 32.5 Å². The smallest absolute Gasteiger partial charge is 0.224 e. The summed E-state index contributed by atoms with van der Waals surface area (Å²) in [6, 6.07) is 10.2. The molecular weight excluding hydrogens is 300 g/mol. The summed E-state index contributed by atoms with van der Waals surface area (Å²) < 4.78 is 1.76. The van der Waals surface area contributed by atoms with Crippen LogP contribution in [0, 0.1) is 5.92 Å². The molecule has 1 aliphatic carbocycles. The van der Waals surface area contributed by atoms with Gasteiger partial charge >= 0.3 is 0 Å². The minimum atomic E-state index is 0.468. The van der Waals surface area contributed by atoms with Gasteiger partial charge in [-0.15, -0.1) is 5.10 Å². The fraction of sp³-hybridized carbons (Fsp3) is 0.444. The van der Waals surface area contributed by atoms with E-state index in [9.17, 15) is 0 Å². The number of anilines is 1. The number of fused-ring (bicyclic) bond motifs is 1. The van der Waals surface area contributed by atoms with E-state index in [1.807, 2.05) is 30.3 Å². The highest BCUT2D eigenvalue weighted by molar-refractivity contribution is 5.75. The van der Waals surface area contributed by atoms with Crippen LogP contribution in [0.4, 0.5) is 5.95 Å². The van der Waals surface area contributed by atoms with Gasteiger partial charge in [-0.25, -0.2) is 4.98 Å². The summed E-state index contributed by atoms with van der Waals surface area (Å²) in [5, 5.41) is 11.9. The molecule has 0 amide bonds. The van der Waals surface area contributed by atoms with Crippen molar-refractivity contribution in [1.29, 1.82) is 0 Å². The quantitative estimate of drug-likeness (QED) is 0.795. The molecule has 1 aliphatic rings. The summed E-state index contributed by atoms with van der Waals surface area (Å²) in [4.78, 5) is 9.02. The zero-order chi connectivity index (χ0) is 16.4. The van der Waals surface area contributed by atoms with Gasteiger partial charge in [-0.2, -0.15) is 9.67 Å². The van der Waals surface area contributed by atoms with Crippen LogP contribution in [0.25, 0.3) is 16.9 Å². The first kappa shape index (κ1) is 15.1. The van der Waals surface area contributed by atoms with Gasteiger partial charge in [0.05, 0.1) is 5.52 Å². The lowest BCUT2D eigenvalue weighted by Crippen LogP contribution is -2.27. The largest absolute Gasteiger partial charge is 0.351 e. The predicted molar refractivity (Wildman–Crippen MR) is 94.1 cm³/mol. The number of nitrogens with zero attached hydrogens (tertiary/aromatic N) is 5. The molecule has 6 heteroatoms. The number of rotatable bonds is 4. The fourth-order valence-electron chi connectivity index (χ4n) is 3.47. The van der Waals surface area contributed by atoms with Crippen LogP contribution in [0.3, 0.4) is 0 Å². The fourth-order valence-corrected chi connectivity index (χ4v) is 3.47. The third-order valence-corrected chi connectivity index (χ3v) is 4.97. The maximum absolute atomic E-state index is 4.64. The second-order valence-electron chi connectivity index (χ2n) is 6.50. The topological polar surface area (TPSA) is 68.5 Å². The van der Waals surface area contributed by atoms with Crippen LogP contribution >= 0.6 is 0 Å². The molecule has 4 rings (SSSR count). The average Bonchev–Trinajstić information content (AvgIpc) is 3.07. The molecule has 124 valence electrons. The van der Waals surface area contributed by atoms with Crippen molar-refractivity contribution >= 4 is 17.0 Å². The summed E-state index contributed by atoms with van der Waals surface area (Å²) in [7, 11) is 0. The van der Waals surface area contributed by atoms with Gasteiger partial charge in [0.2, 0.25) is 5.95 Å². The van der Waals surface area contributed by atoms with Crippen LogP contribution < -0.4 is 5.32 Å². The van der Waals surface area contributed by atoms with E-state index in [1.165, 1.54) is 32.1 Å². The van der Waals surface area contributed by atoms with Crippen molar-refractivity contribution in [2.75, 3.05) is 5.32 Å². The van der Waals surface area contributed by atoms with E-state index in [1.54, 1.807) is 10.9 Å². The van der Waals surface area contributed by atoms with Crippen LogP contribution in [-0.4, -0.2) is 31.0 Å². The maximum Gasteiger partial charge on any atom is 0.224 e. The van der Waals surface area contributed by atoms with Crippen molar-refractivity contribution in [3.8, 4) is 5.82 Å². The van der Waals surface area contributed by atoms with Crippen molar-refractivity contribution in [1.82, 2.24) is 25.0 Å². The lowest BCUT2D eigenvalue weighted by atomic mass is 9.85. The van der Waals surface area contributed by atoms with Crippen LogP contribution in [-0.2, 0) is 0 Å². The number of hydrogen-bond donors (Lipinski definition) is 1. The van der Waals surface area contributed by atoms with Gasteiger partial charge in [0, 0.05) is 18.3 Å². The van der Waals surface area contributed by atoms with Crippen molar-refractivity contribution in [2.24, 2.45) is 5.92 Å². The molecule has 6 nitrogen and oxygen atoms in total. The van der Waals surface area contributed by atoms with Gasteiger partial charge in [0.1, 0.15) is 5.52 Å². The highest BCUT2D eigenvalue weighted by Gasteiger charge is 2.20. The first-order valence-corrected chi connectivity index (χ1v) is 8.74. The SMILES string of the molecule is CCC1CCC(Nc2nccc(-n3nnc4ccccc43)n2)CC1. The lowest BCUT2D eigenvalue weighted by molar-refractivity contribution is 0.329. The van der Waals surface area contributed by atoms with E-state index in [-0.39, 0.29) is 0 Å². The highest BCUT2D eigenvalue weighted by atomic mass is 15.4. The van der Waals surface area contributed by atoms with Crippen molar-refractivity contribution < 1.29 is 0 Å². The highest BCUT2D eigenvalue weighted by Crippen LogP contribution is 2.28. The minimum Gasteiger partial charge on any atom is -0.351 e. The molecule has 0 radical (unpaired) electrons. The van der Waals surface area contributed by atoms with E-state index in [0.717, 1.165) is 22.8 Å².